The number of rotatable bonds is 4. The number of carbonyl (C=O) groups is 2. The first-order chi connectivity index (χ1) is 10.6. The largest absolute Gasteiger partial charge is 0.351 e. The smallest absolute Gasteiger partial charge is 0.227 e. The lowest BCUT2D eigenvalue weighted by Crippen LogP contribution is -2.32. The molecule has 3 rings (SSSR count). The van der Waals surface area contributed by atoms with Crippen molar-refractivity contribution in [1.29, 1.82) is 0 Å². The van der Waals surface area contributed by atoms with E-state index in [0.29, 0.717) is 18.1 Å². The van der Waals surface area contributed by atoms with Gasteiger partial charge in [0.15, 0.2) is 0 Å². The summed E-state index contributed by atoms with van der Waals surface area (Å²) in [6.07, 6.45) is 0.249. The molecule has 2 amide bonds. The van der Waals surface area contributed by atoms with Crippen LogP contribution in [0.2, 0.25) is 5.02 Å². The third-order valence-corrected chi connectivity index (χ3v) is 4.78. The van der Waals surface area contributed by atoms with Crippen molar-refractivity contribution in [2.24, 2.45) is 5.92 Å². The van der Waals surface area contributed by atoms with Crippen molar-refractivity contribution in [2.75, 3.05) is 11.4 Å². The first-order valence-electron chi connectivity index (χ1n) is 6.99. The van der Waals surface area contributed by atoms with Crippen LogP contribution in [0.3, 0.4) is 0 Å². The highest BCUT2D eigenvalue weighted by Crippen LogP contribution is 2.26. The van der Waals surface area contributed by atoms with Gasteiger partial charge in [-0.15, -0.1) is 11.3 Å². The molecule has 1 aromatic carbocycles. The number of carbonyl (C=O) groups excluding carboxylic acids is 2. The number of anilines is 1. The number of thiophene rings is 1. The van der Waals surface area contributed by atoms with Crippen LogP contribution in [0.25, 0.3) is 0 Å². The Labute approximate surface area is 137 Å². The summed E-state index contributed by atoms with van der Waals surface area (Å²) in [5.41, 5.74) is 0.781. The van der Waals surface area contributed by atoms with Crippen LogP contribution in [0.5, 0.6) is 0 Å². The Morgan fingerprint density at radius 1 is 1.32 bits per heavy atom. The lowest BCUT2D eigenvalue weighted by molar-refractivity contribution is -0.126. The Hall–Kier alpha value is -1.85. The fourth-order valence-electron chi connectivity index (χ4n) is 2.49. The van der Waals surface area contributed by atoms with Gasteiger partial charge in [0.1, 0.15) is 0 Å². The van der Waals surface area contributed by atoms with Crippen LogP contribution in [-0.4, -0.2) is 18.4 Å². The SMILES string of the molecule is O=C(NCc1cccs1)[C@H]1CC(=O)N(c2ccc(Cl)cc2)C1. The van der Waals surface area contributed by atoms with Crippen LogP contribution in [0.4, 0.5) is 5.69 Å². The molecule has 1 saturated heterocycles. The molecular formula is C16H15ClN2O2S. The zero-order chi connectivity index (χ0) is 15.5. The van der Waals surface area contributed by atoms with E-state index < -0.39 is 0 Å². The number of hydrogen-bond donors (Lipinski definition) is 1. The lowest BCUT2D eigenvalue weighted by Gasteiger charge is -2.16. The van der Waals surface area contributed by atoms with Gasteiger partial charge in [-0.25, -0.2) is 0 Å². The molecule has 4 nitrogen and oxygen atoms in total. The van der Waals surface area contributed by atoms with Crippen LogP contribution < -0.4 is 10.2 Å². The maximum Gasteiger partial charge on any atom is 0.227 e. The Bertz CT molecular complexity index is 670. The predicted molar refractivity (Wildman–Crippen MR) is 88.1 cm³/mol. The number of nitrogens with zero attached hydrogens (tertiary/aromatic N) is 1. The van der Waals surface area contributed by atoms with Gasteiger partial charge in [-0.05, 0) is 35.7 Å². The van der Waals surface area contributed by atoms with Crippen LogP contribution in [0.15, 0.2) is 41.8 Å². The second kappa shape index (κ2) is 6.50. The normalized spacial score (nSPS) is 17.8. The topological polar surface area (TPSA) is 49.4 Å². The number of nitrogens with one attached hydrogen (secondary N) is 1. The van der Waals surface area contributed by atoms with Crippen molar-refractivity contribution in [2.45, 2.75) is 13.0 Å². The summed E-state index contributed by atoms with van der Waals surface area (Å²) < 4.78 is 0. The minimum absolute atomic E-state index is 0.0291. The van der Waals surface area contributed by atoms with E-state index in [1.54, 1.807) is 40.5 Å². The van der Waals surface area contributed by atoms with E-state index in [1.807, 2.05) is 17.5 Å². The molecule has 1 aliphatic rings. The van der Waals surface area contributed by atoms with Crippen molar-refractivity contribution in [3.8, 4) is 0 Å². The Kier molecular flexibility index (Phi) is 4.45. The van der Waals surface area contributed by atoms with E-state index in [4.69, 9.17) is 11.6 Å². The van der Waals surface area contributed by atoms with Crippen molar-refractivity contribution in [3.05, 3.63) is 51.7 Å². The maximum absolute atomic E-state index is 12.2. The van der Waals surface area contributed by atoms with Gasteiger partial charge in [-0.3, -0.25) is 9.59 Å². The molecule has 0 spiro atoms. The molecule has 1 aromatic heterocycles. The zero-order valence-corrected chi connectivity index (χ0v) is 13.4. The lowest BCUT2D eigenvalue weighted by atomic mass is 10.1. The first kappa shape index (κ1) is 15.1. The molecule has 0 radical (unpaired) electrons. The van der Waals surface area contributed by atoms with Crippen molar-refractivity contribution in [1.82, 2.24) is 5.32 Å². The maximum atomic E-state index is 12.2. The van der Waals surface area contributed by atoms with Gasteiger partial charge in [0.25, 0.3) is 0 Å². The molecule has 1 atom stereocenters. The van der Waals surface area contributed by atoms with E-state index in [9.17, 15) is 9.59 Å². The summed E-state index contributed by atoms with van der Waals surface area (Å²) in [6.45, 7) is 0.929. The Balaban J connectivity index is 1.61. The van der Waals surface area contributed by atoms with Gasteiger partial charge in [0, 0.05) is 28.6 Å². The molecule has 2 aromatic rings. The standard InChI is InChI=1S/C16H15ClN2O2S/c17-12-3-5-13(6-4-12)19-10-11(8-15(19)20)16(21)18-9-14-2-1-7-22-14/h1-7,11H,8-10H2,(H,18,21)/t11-/m0/s1. The predicted octanol–water partition coefficient (Wildman–Crippen LogP) is 3.07. The molecule has 0 aliphatic carbocycles. The summed E-state index contributed by atoms with van der Waals surface area (Å²) >= 11 is 7.46. The molecule has 1 fully saturated rings. The molecule has 22 heavy (non-hydrogen) atoms. The second-order valence-electron chi connectivity index (χ2n) is 5.18. The van der Waals surface area contributed by atoms with Crippen LogP contribution >= 0.6 is 22.9 Å². The van der Waals surface area contributed by atoms with Crippen molar-refractivity contribution < 1.29 is 9.59 Å². The molecule has 0 unspecified atom stereocenters. The average molecular weight is 335 g/mol. The fraction of sp³-hybridized carbons (Fsp3) is 0.250. The van der Waals surface area contributed by atoms with Crippen molar-refractivity contribution in [3.63, 3.8) is 0 Å². The summed E-state index contributed by atoms with van der Waals surface area (Å²) in [5.74, 6) is -0.403. The van der Waals surface area contributed by atoms with Crippen molar-refractivity contribution >= 4 is 40.4 Å². The van der Waals surface area contributed by atoms with Crippen LogP contribution in [0, 0.1) is 5.92 Å². The van der Waals surface area contributed by atoms with Gasteiger partial charge in [0.05, 0.1) is 12.5 Å². The van der Waals surface area contributed by atoms with E-state index in [0.717, 1.165) is 10.6 Å². The van der Waals surface area contributed by atoms with Gasteiger partial charge >= 0.3 is 0 Å². The molecular weight excluding hydrogens is 320 g/mol. The summed E-state index contributed by atoms with van der Waals surface area (Å²) in [6, 6.07) is 11.0. The van der Waals surface area contributed by atoms with E-state index in [2.05, 4.69) is 5.32 Å². The monoisotopic (exact) mass is 334 g/mol. The van der Waals surface area contributed by atoms with E-state index in [1.165, 1.54) is 0 Å². The summed E-state index contributed by atoms with van der Waals surface area (Å²) in [7, 11) is 0. The average Bonchev–Trinajstić information content (AvgIpc) is 3.15. The number of hydrogen-bond acceptors (Lipinski definition) is 3. The first-order valence-corrected chi connectivity index (χ1v) is 8.25. The van der Waals surface area contributed by atoms with Gasteiger partial charge in [-0.1, -0.05) is 17.7 Å². The summed E-state index contributed by atoms with van der Waals surface area (Å²) in [4.78, 5) is 27.1. The molecule has 6 heteroatoms. The molecule has 2 heterocycles. The molecule has 0 saturated carbocycles. The van der Waals surface area contributed by atoms with E-state index >= 15 is 0 Å². The number of amides is 2. The van der Waals surface area contributed by atoms with Gasteiger partial charge in [-0.2, -0.15) is 0 Å². The van der Waals surface area contributed by atoms with E-state index in [-0.39, 0.29) is 24.2 Å². The highest BCUT2D eigenvalue weighted by atomic mass is 35.5. The van der Waals surface area contributed by atoms with Crippen LogP contribution in [0.1, 0.15) is 11.3 Å². The molecule has 1 N–H and O–H groups in total. The third kappa shape index (κ3) is 3.31. The van der Waals surface area contributed by atoms with Gasteiger partial charge < -0.3 is 10.2 Å². The zero-order valence-electron chi connectivity index (χ0n) is 11.8. The second-order valence-corrected chi connectivity index (χ2v) is 6.65. The van der Waals surface area contributed by atoms with Crippen LogP contribution in [-0.2, 0) is 16.1 Å². The highest BCUT2D eigenvalue weighted by Gasteiger charge is 2.34. The fourth-order valence-corrected chi connectivity index (χ4v) is 3.26. The quantitative estimate of drug-likeness (QED) is 0.934. The molecule has 1 aliphatic heterocycles. The Morgan fingerprint density at radius 3 is 2.77 bits per heavy atom. The minimum Gasteiger partial charge on any atom is -0.351 e. The number of benzene rings is 1. The molecule has 114 valence electrons. The Morgan fingerprint density at radius 2 is 2.09 bits per heavy atom. The third-order valence-electron chi connectivity index (χ3n) is 3.65. The minimum atomic E-state index is -0.303. The van der Waals surface area contributed by atoms with Gasteiger partial charge in [0.2, 0.25) is 11.8 Å². The molecule has 0 bridgehead atoms. The highest BCUT2D eigenvalue weighted by molar-refractivity contribution is 7.09. The number of halogens is 1. The summed E-state index contributed by atoms with van der Waals surface area (Å²) in [5, 5.41) is 5.50.